The summed E-state index contributed by atoms with van der Waals surface area (Å²) in [4.78, 5) is 31.8. The molecule has 2 aliphatic rings. The van der Waals surface area contributed by atoms with Gasteiger partial charge < -0.3 is 15.2 Å². The monoisotopic (exact) mass is 386 g/mol. The summed E-state index contributed by atoms with van der Waals surface area (Å²) in [6.07, 6.45) is 4.04. The first-order valence-corrected chi connectivity index (χ1v) is 10.1. The lowest BCUT2D eigenvalue weighted by Gasteiger charge is -2.35. The number of hydrogen-bond donors (Lipinski definition) is 2. The number of aromatic amines is 1. The van der Waals surface area contributed by atoms with E-state index < -0.39 is 0 Å². The van der Waals surface area contributed by atoms with Crippen LogP contribution in [0.1, 0.15) is 36.2 Å². The average Bonchev–Trinajstić information content (AvgIpc) is 3.25. The normalized spacial score (nSPS) is 23.5. The highest BCUT2D eigenvalue weighted by molar-refractivity contribution is 5.98. The van der Waals surface area contributed by atoms with Gasteiger partial charge in [0.1, 0.15) is 11.5 Å². The second kappa shape index (κ2) is 7.91. The summed E-state index contributed by atoms with van der Waals surface area (Å²) in [6, 6.07) is 6.15. The molecule has 2 aliphatic heterocycles. The molecule has 2 amide bonds. The van der Waals surface area contributed by atoms with Gasteiger partial charge in [-0.05, 0) is 62.4 Å². The van der Waals surface area contributed by atoms with Crippen LogP contribution in [0.3, 0.4) is 0 Å². The summed E-state index contributed by atoms with van der Waals surface area (Å²) in [5.74, 6) is 0.248. The number of likely N-dealkylation sites (N-methyl/N-ethyl adjacent to an activating group) is 1. The van der Waals surface area contributed by atoms with E-state index in [2.05, 4.69) is 15.2 Å². The number of aromatic nitrogens is 1. The number of fused-ring (bicyclic) bond motifs is 1. The van der Waals surface area contributed by atoms with Crippen LogP contribution in [0.5, 0.6) is 0 Å². The Hall–Kier alpha value is -2.41. The number of nitrogens with one attached hydrogen (secondary N) is 2. The topological polar surface area (TPSA) is 68.4 Å². The van der Waals surface area contributed by atoms with Gasteiger partial charge in [-0.3, -0.25) is 14.5 Å². The summed E-state index contributed by atoms with van der Waals surface area (Å²) < 4.78 is 13.3. The van der Waals surface area contributed by atoms with Crippen molar-refractivity contribution in [2.45, 2.75) is 31.7 Å². The number of carbonyl (C=O) groups excluding carboxylic acids is 2. The molecule has 7 heteroatoms. The number of carbonyl (C=O) groups is 2. The van der Waals surface area contributed by atoms with Crippen molar-refractivity contribution in [1.29, 1.82) is 0 Å². The zero-order valence-electron chi connectivity index (χ0n) is 16.2. The Labute approximate surface area is 164 Å². The molecule has 1 aromatic carbocycles. The lowest BCUT2D eigenvalue weighted by Crippen LogP contribution is -2.46. The number of rotatable bonds is 5. The molecule has 0 radical (unpaired) electrons. The van der Waals surface area contributed by atoms with Crippen molar-refractivity contribution in [3.63, 3.8) is 0 Å². The van der Waals surface area contributed by atoms with E-state index in [1.165, 1.54) is 12.1 Å². The van der Waals surface area contributed by atoms with E-state index in [1.54, 1.807) is 12.1 Å². The summed E-state index contributed by atoms with van der Waals surface area (Å²) >= 11 is 0. The van der Waals surface area contributed by atoms with Crippen molar-refractivity contribution >= 4 is 22.7 Å². The zero-order valence-corrected chi connectivity index (χ0v) is 16.2. The summed E-state index contributed by atoms with van der Waals surface area (Å²) in [7, 11) is 1.87. The third kappa shape index (κ3) is 3.90. The van der Waals surface area contributed by atoms with E-state index in [-0.39, 0.29) is 23.7 Å². The molecule has 0 bridgehead atoms. The van der Waals surface area contributed by atoms with E-state index in [0.717, 1.165) is 50.8 Å². The van der Waals surface area contributed by atoms with Crippen LogP contribution in [0.4, 0.5) is 4.39 Å². The second-order valence-electron chi connectivity index (χ2n) is 8.03. The van der Waals surface area contributed by atoms with Gasteiger partial charge in [-0.1, -0.05) is 0 Å². The van der Waals surface area contributed by atoms with E-state index in [0.29, 0.717) is 23.5 Å². The molecule has 2 atom stereocenters. The predicted octanol–water partition coefficient (Wildman–Crippen LogP) is 2.37. The number of benzene rings is 1. The van der Waals surface area contributed by atoms with Crippen molar-refractivity contribution in [3.05, 3.63) is 35.8 Å². The van der Waals surface area contributed by atoms with Gasteiger partial charge in [0.15, 0.2) is 0 Å². The van der Waals surface area contributed by atoms with E-state index in [9.17, 15) is 14.0 Å². The fraction of sp³-hybridized carbons (Fsp3) is 0.524. The van der Waals surface area contributed by atoms with Gasteiger partial charge in [0.05, 0.1) is 6.04 Å². The van der Waals surface area contributed by atoms with E-state index in [1.807, 2.05) is 11.9 Å². The number of piperidine rings is 1. The van der Waals surface area contributed by atoms with Crippen LogP contribution in [0, 0.1) is 11.7 Å². The maximum atomic E-state index is 13.3. The molecule has 28 heavy (non-hydrogen) atoms. The Morgan fingerprint density at radius 3 is 2.93 bits per heavy atom. The molecule has 2 unspecified atom stereocenters. The molecule has 2 N–H and O–H groups in total. The fourth-order valence-corrected chi connectivity index (χ4v) is 4.47. The standard InChI is InChI=1S/C21H27FN4O2/c1-25-10-7-19(21(25)28)26-9-2-3-14(13-26)6-8-23-20(27)18-12-15-11-16(22)4-5-17(15)24-18/h4-5,11-12,14,19,24H,2-3,6-10,13H2,1H3,(H,23,27). The molecule has 2 saturated heterocycles. The van der Waals surface area contributed by atoms with Crippen LogP contribution < -0.4 is 5.32 Å². The molecule has 1 aromatic heterocycles. The fourth-order valence-electron chi connectivity index (χ4n) is 4.47. The number of hydrogen-bond acceptors (Lipinski definition) is 3. The molecule has 3 heterocycles. The smallest absolute Gasteiger partial charge is 0.267 e. The minimum Gasteiger partial charge on any atom is -0.351 e. The quantitative estimate of drug-likeness (QED) is 0.829. The molecule has 150 valence electrons. The van der Waals surface area contributed by atoms with Gasteiger partial charge >= 0.3 is 0 Å². The lowest BCUT2D eigenvalue weighted by atomic mass is 9.93. The molecule has 2 aromatic rings. The van der Waals surface area contributed by atoms with Crippen molar-refractivity contribution in [1.82, 2.24) is 20.1 Å². The average molecular weight is 386 g/mol. The molecule has 0 spiro atoms. The van der Waals surface area contributed by atoms with E-state index >= 15 is 0 Å². The van der Waals surface area contributed by atoms with Gasteiger partial charge in [-0.25, -0.2) is 4.39 Å². The largest absolute Gasteiger partial charge is 0.351 e. The second-order valence-corrected chi connectivity index (χ2v) is 8.03. The van der Waals surface area contributed by atoms with Crippen LogP contribution in [-0.4, -0.2) is 65.9 Å². The van der Waals surface area contributed by atoms with Gasteiger partial charge in [-0.2, -0.15) is 0 Å². The highest BCUT2D eigenvalue weighted by Crippen LogP contribution is 2.25. The maximum absolute atomic E-state index is 13.3. The minimum absolute atomic E-state index is 0.0362. The van der Waals surface area contributed by atoms with Crippen molar-refractivity contribution in [2.24, 2.45) is 5.92 Å². The van der Waals surface area contributed by atoms with Gasteiger partial charge in [0, 0.05) is 37.6 Å². The number of halogens is 1. The SMILES string of the molecule is CN1CCC(N2CCCC(CCNC(=O)c3cc4cc(F)ccc4[nH]3)C2)C1=O. The number of H-pyrrole nitrogens is 1. The van der Waals surface area contributed by atoms with Gasteiger partial charge in [-0.15, -0.1) is 0 Å². The number of likely N-dealkylation sites (tertiary alicyclic amines) is 2. The van der Waals surface area contributed by atoms with Crippen molar-refractivity contribution in [2.75, 3.05) is 33.2 Å². The van der Waals surface area contributed by atoms with Crippen LogP contribution in [0.15, 0.2) is 24.3 Å². The summed E-state index contributed by atoms with van der Waals surface area (Å²) in [6.45, 7) is 3.35. The lowest BCUT2D eigenvalue weighted by molar-refractivity contribution is -0.131. The number of nitrogens with zero attached hydrogens (tertiary/aromatic N) is 2. The molecule has 4 rings (SSSR count). The highest BCUT2D eigenvalue weighted by atomic mass is 19.1. The Bertz CT molecular complexity index is 880. The van der Waals surface area contributed by atoms with Crippen LogP contribution in [-0.2, 0) is 4.79 Å². The predicted molar refractivity (Wildman–Crippen MR) is 106 cm³/mol. The van der Waals surface area contributed by atoms with Crippen molar-refractivity contribution < 1.29 is 14.0 Å². The molecular formula is C21H27FN4O2. The summed E-state index contributed by atoms with van der Waals surface area (Å²) in [5.41, 5.74) is 1.20. The molecule has 0 aliphatic carbocycles. The van der Waals surface area contributed by atoms with Crippen LogP contribution in [0.25, 0.3) is 10.9 Å². The molecule has 2 fully saturated rings. The highest BCUT2D eigenvalue weighted by Gasteiger charge is 2.36. The van der Waals surface area contributed by atoms with Crippen LogP contribution >= 0.6 is 0 Å². The Balaban J connectivity index is 1.28. The first-order valence-electron chi connectivity index (χ1n) is 10.1. The van der Waals surface area contributed by atoms with Gasteiger partial charge in [0.2, 0.25) is 5.91 Å². The van der Waals surface area contributed by atoms with Crippen LogP contribution in [0.2, 0.25) is 0 Å². The van der Waals surface area contributed by atoms with E-state index in [4.69, 9.17) is 0 Å². The maximum Gasteiger partial charge on any atom is 0.267 e. The summed E-state index contributed by atoms with van der Waals surface area (Å²) in [5, 5.41) is 3.66. The van der Waals surface area contributed by atoms with Gasteiger partial charge in [0.25, 0.3) is 5.91 Å². The Kier molecular flexibility index (Phi) is 5.35. The Morgan fingerprint density at radius 1 is 1.29 bits per heavy atom. The third-order valence-corrected chi connectivity index (χ3v) is 6.06. The molecule has 0 saturated carbocycles. The number of amides is 2. The molecular weight excluding hydrogens is 359 g/mol. The first-order chi connectivity index (χ1) is 13.5. The third-order valence-electron chi connectivity index (χ3n) is 6.06. The Morgan fingerprint density at radius 2 is 2.14 bits per heavy atom. The minimum atomic E-state index is -0.313. The van der Waals surface area contributed by atoms with Crippen molar-refractivity contribution in [3.8, 4) is 0 Å². The molecule has 6 nitrogen and oxygen atoms in total. The zero-order chi connectivity index (χ0) is 19.7. The first kappa shape index (κ1) is 18.9.